The Labute approximate surface area is 111 Å². The number of nitrogens with one attached hydrogen (secondary N) is 1. The van der Waals surface area contributed by atoms with E-state index < -0.39 is 12.0 Å². The minimum Gasteiger partial charge on any atom is -0.480 e. The summed E-state index contributed by atoms with van der Waals surface area (Å²) in [7, 11) is 1.40. The maximum absolute atomic E-state index is 12.0. The second-order valence-electron chi connectivity index (χ2n) is 4.42. The van der Waals surface area contributed by atoms with Gasteiger partial charge >= 0.3 is 12.0 Å². The van der Waals surface area contributed by atoms with Crippen LogP contribution in [0.4, 0.5) is 4.79 Å². The third-order valence-electron chi connectivity index (χ3n) is 3.06. The zero-order valence-corrected chi connectivity index (χ0v) is 10.6. The van der Waals surface area contributed by atoms with Crippen LogP contribution in [0.3, 0.4) is 0 Å². The Morgan fingerprint density at radius 1 is 1.37 bits per heavy atom. The van der Waals surface area contributed by atoms with Crippen molar-refractivity contribution in [1.82, 2.24) is 10.2 Å². The number of benzene rings is 1. The van der Waals surface area contributed by atoms with E-state index in [0.29, 0.717) is 13.1 Å². The summed E-state index contributed by atoms with van der Waals surface area (Å²) in [4.78, 5) is 24.5. The van der Waals surface area contributed by atoms with Gasteiger partial charge in [-0.15, -0.1) is 0 Å². The van der Waals surface area contributed by atoms with Crippen LogP contribution in [0, 0.1) is 0 Å². The van der Waals surface area contributed by atoms with E-state index >= 15 is 0 Å². The highest BCUT2D eigenvalue weighted by Gasteiger charge is 2.27. The topological polar surface area (TPSA) is 78.9 Å². The molecule has 0 bridgehead atoms. The lowest BCUT2D eigenvalue weighted by Crippen LogP contribution is -2.48. The Balaban J connectivity index is 1.97. The number of ether oxygens (including phenoxy) is 1. The van der Waals surface area contributed by atoms with E-state index in [2.05, 4.69) is 5.32 Å². The minimum absolute atomic E-state index is 0.0537. The summed E-state index contributed by atoms with van der Waals surface area (Å²) in [6.45, 7) is 0.949. The average Bonchev–Trinajstić information content (AvgIpc) is 2.81. The summed E-state index contributed by atoms with van der Waals surface area (Å²) < 4.78 is 4.78. The number of carboxylic acid groups (broad SMARTS) is 1. The normalized spacial score (nSPS) is 14.9. The van der Waals surface area contributed by atoms with E-state index in [1.807, 2.05) is 24.3 Å². The molecule has 1 atom stereocenters. The number of hydrogen-bond acceptors (Lipinski definition) is 3. The van der Waals surface area contributed by atoms with Crippen LogP contribution in [-0.4, -0.2) is 41.8 Å². The number of amides is 2. The molecule has 0 radical (unpaired) electrons. The van der Waals surface area contributed by atoms with Crippen molar-refractivity contribution in [2.45, 2.75) is 19.1 Å². The monoisotopic (exact) mass is 264 g/mol. The molecule has 1 aliphatic heterocycles. The molecule has 0 saturated heterocycles. The van der Waals surface area contributed by atoms with E-state index in [9.17, 15) is 9.59 Å². The van der Waals surface area contributed by atoms with Gasteiger partial charge in [0.2, 0.25) is 0 Å². The van der Waals surface area contributed by atoms with Crippen LogP contribution in [0.1, 0.15) is 11.1 Å². The molecule has 2 rings (SSSR count). The Morgan fingerprint density at radius 3 is 2.42 bits per heavy atom. The zero-order valence-electron chi connectivity index (χ0n) is 10.6. The molecule has 6 nitrogen and oxygen atoms in total. The van der Waals surface area contributed by atoms with Crippen molar-refractivity contribution in [2.24, 2.45) is 0 Å². The molecule has 6 heteroatoms. The second kappa shape index (κ2) is 5.71. The predicted octanol–water partition coefficient (Wildman–Crippen LogP) is 0.811. The van der Waals surface area contributed by atoms with Crippen LogP contribution in [0.15, 0.2) is 24.3 Å². The van der Waals surface area contributed by atoms with Gasteiger partial charge in [0.1, 0.15) is 0 Å². The number of rotatable bonds is 4. The fraction of sp³-hybridized carbons (Fsp3) is 0.385. The number of aliphatic carboxylic acids is 1. The lowest BCUT2D eigenvalue weighted by atomic mass is 10.1. The fourth-order valence-corrected chi connectivity index (χ4v) is 2.06. The molecule has 1 aliphatic rings. The van der Waals surface area contributed by atoms with Crippen LogP contribution in [0.25, 0.3) is 0 Å². The Kier molecular flexibility index (Phi) is 4.01. The first kappa shape index (κ1) is 13.4. The molecule has 0 aromatic heterocycles. The zero-order chi connectivity index (χ0) is 13.8. The number of methoxy groups -OCH3 is 1. The van der Waals surface area contributed by atoms with Gasteiger partial charge in [-0.3, -0.25) is 0 Å². The largest absolute Gasteiger partial charge is 0.480 e. The third-order valence-corrected chi connectivity index (χ3v) is 3.06. The lowest BCUT2D eigenvalue weighted by molar-refractivity contribution is -0.140. The maximum atomic E-state index is 12.0. The summed E-state index contributed by atoms with van der Waals surface area (Å²) in [6.07, 6.45) is 0. The van der Waals surface area contributed by atoms with Gasteiger partial charge in [-0.25, -0.2) is 9.59 Å². The first-order chi connectivity index (χ1) is 9.11. The van der Waals surface area contributed by atoms with E-state index in [-0.39, 0.29) is 12.6 Å². The van der Waals surface area contributed by atoms with Crippen LogP contribution in [0.5, 0.6) is 0 Å². The minimum atomic E-state index is -1.10. The summed E-state index contributed by atoms with van der Waals surface area (Å²) in [5.41, 5.74) is 2.19. The molecule has 1 aromatic carbocycles. The van der Waals surface area contributed by atoms with Crippen molar-refractivity contribution >= 4 is 12.0 Å². The number of carbonyl (C=O) groups is 2. The van der Waals surface area contributed by atoms with Crippen molar-refractivity contribution in [3.05, 3.63) is 35.4 Å². The van der Waals surface area contributed by atoms with E-state index in [0.717, 1.165) is 11.1 Å². The molecular weight excluding hydrogens is 248 g/mol. The van der Waals surface area contributed by atoms with Crippen molar-refractivity contribution in [3.8, 4) is 0 Å². The van der Waals surface area contributed by atoms with Gasteiger partial charge < -0.3 is 20.1 Å². The lowest BCUT2D eigenvalue weighted by Gasteiger charge is -2.20. The van der Waals surface area contributed by atoms with Crippen LogP contribution >= 0.6 is 0 Å². The van der Waals surface area contributed by atoms with Gasteiger partial charge in [0.25, 0.3) is 0 Å². The standard InChI is InChI=1S/C13H16N2O4/c1-19-8-11(12(16)17)14-13(18)15-6-9-4-2-3-5-10(9)7-15/h2-5,11H,6-8H2,1H3,(H,14,18)(H,16,17). The van der Waals surface area contributed by atoms with E-state index in [1.165, 1.54) is 7.11 Å². The number of fused-ring (bicyclic) bond motifs is 1. The first-order valence-corrected chi connectivity index (χ1v) is 5.95. The molecule has 19 heavy (non-hydrogen) atoms. The number of carboxylic acids is 1. The number of carbonyl (C=O) groups excluding carboxylic acids is 1. The predicted molar refractivity (Wildman–Crippen MR) is 67.5 cm³/mol. The molecule has 0 spiro atoms. The highest BCUT2D eigenvalue weighted by molar-refractivity contribution is 5.83. The molecule has 0 aliphatic carbocycles. The molecule has 2 amide bonds. The van der Waals surface area contributed by atoms with Gasteiger partial charge in [-0.05, 0) is 11.1 Å². The molecule has 0 fully saturated rings. The Bertz CT molecular complexity index is 464. The second-order valence-corrected chi connectivity index (χ2v) is 4.42. The van der Waals surface area contributed by atoms with Gasteiger partial charge in [0, 0.05) is 20.2 Å². The molecule has 0 saturated carbocycles. The van der Waals surface area contributed by atoms with E-state index in [4.69, 9.17) is 9.84 Å². The number of nitrogens with zero attached hydrogens (tertiary/aromatic N) is 1. The summed E-state index contributed by atoms with van der Waals surface area (Å²) >= 11 is 0. The van der Waals surface area contributed by atoms with Crippen LogP contribution in [-0.2, 0) is 22.6 Å². The molecule has 1 unspecified atom stereocenters. The number of urea groups is 1. The first-order valence-electron chi connectivity index (χ1n) is 5.95. The summed E-state index contributed by atoms with van der Waals surface area (Å²) in [6, 6.07) is 6.36. The van der Waals surface area contributed by atoms with Gasteiger partial charge in [0.15, 0.2) is 6.04 Å². The maximum Gasteiger partial charge on any atom is 0.328 e. The van der Waals surface area contributed by atoms with Gasteiger partial charge in [-0.1, -0.05) is 24.3 Å². The SMILES string of the molecule is COCC(NC(=O)N1Cc2ccccc2C1)C(=O)O. The smallest absolute Gasteiger partial charge is 0.328 e. The van der Waals surface area contributed by atoms with Crippen molar-refractivity contribution in [1.29, 1.82) is 0 Å². The number of hydrogen-bond donors (Lipinski definition) is 2. The quantitative estimate of drug-likeness (QED) is 0.843. The molecule has 1 heterocycles. The van der Waals surface area contributed by atoms with E-state index in [1.54, 1.807) is 4.90 Å². The highest BCUT2D eigenvalue weighted by atomic mass is 16.5. The molecule has 1 aromatic rings. The third kappa shape index (κ3) is 3.03. The average molecular weight is 264 g/mol. The van der Waals surface area contributed by atoms with Crippen molar-refractivity contribution in [3.63, 3.8) is 0 Å². The summed E-state index contributed by atoms with van der Waals surface area (Å²) in [5.74, 6) is -1.10. The van der Waals surface area contributed by atoms with Crippen LogP contribution < -0.4 is 5.32 Å². The summed E-state index contributed by atoms with van der Waals surface area (Å²) in [5, 5.41) is 11.4. The molecular formula is C13H16N2O4. The molecule has 102 valence electrons. The van der Waals surface area contributed by atoms with Crippen LogP contribution in [0.2, 0.25) is 0 Å². The fourth-order valence-electron chi connectivity index (χ4n) is 2.06. The van der Waals surface area contributed by atoms with Crippen molar-refractivity contribution in [2.75, 3.05) is 13.7 Å². The Hall–Kier alpha value is -2.08. The molecule has 2 N–H and O–H groups in total. The van der Waals surface area contributed by atoms with Crippen molar-refractivity contribution < 1.29 is 19.4 Å². The highest BCUT2D eigenvalue weighted by Crippen LogP contribution is 2.21. The van der Waals surface area contributed by atoms with Gasteiger partial charge in [-0.2, -0.15) is 0 Å². The Morgan fingerprint density at radius 2 is 1.95 bits per heavy atom. The van der Waals surface area contributed by atoms with Gasteiger partial charge in [0.05, 0.1) is 6.61 Å².